The number of carbonyl (C=O) groups is 2. The van der Waals surface area contributed by atoms with Crippen molar-refractivity contribution in [1.29, 1.82) is 0 Å². The van der Waals surface area contributed by atoms with Gasteiger partial charge in [-0.2, -0.15) is 0 Å². The van der Waals surface area contributed by atoms with E-state index in [0.717, 1.165) is 18.0 Å². The Morgan fingerprint density at radius 1 is 1.41 bits per heavy atom. The van der Waals surface area contributed by atoms with Gasteiger partial charge in [0, 0.05) is 30.4 Å². The highest BCUT2D eigenvalue weighted by Crippen LogP contribution is 2.42. The van der Waals surface area contributed by atoms with Gasteiger partial charge in [0.2, 0.25) is 0 Å². The van der Waals surface area contributed by atoms with Crippen LogP contribution in [0.1, 0.15) is 14.5 Å². The van der Waals surface area contributed by atoms with Gasteiger partial charge in [0.05, 0.1) is 27.4 Å². The number of esters is 2. The molecule has 0 saturated carbocycles. The molecule has 0 spiro atoms. The van der Waals surface area contributed by atoms with Gasteiger partial charge in [-0.1, -0.05) is 0 Å². The van der Waals surface area contributed by atoms with Gasteiger partial charge in [0.15, 0.2) is 0 Å². The second-order valence-corrected chi connectivity index (χ2v) is 6.96. The van der Waals surface area contributed by atoms with Crippen LogP contribution in [0.25, 0.3) is 0 Å². The van der Waals surface area contributed by atoms with Gasteiger partial charge in [-0.05, 0) is 12.1 Å². The van der Waals surface area contributed by atoms with Crippen molar-refractivity contribution in [2.75, 3.05) is 40.5 Å². The average molecular weight is 325 g/mol. The first kappa shape index (κ1) is 15.5. The van der Waals surface area contributed by atoms with Gasteiger partial charge in [0.25, 0.3) is 0 Å². The maximum Gasteiger partial charge on any atom is 0.348 e. The van der Waals surface area contributed by atoms with Crippen LogP contribution in [0, 0.1) is 11.3 Å². The fourth-order valence-corrected chi connectivity index (χ4v) is 4.31. The Morgan fingerprint density at radius 3 is 2.95 bits per heavy atom. The minimum absolute atomic E-state index is 0.181. The van der Waals surface area contributed by atoms with Gasteiger partial charge < -0.3 is 14.2 Å². The summed E-state index contributed by atoms with van der Waals surface area (Å²) in [5.74, 6) is -0.312. The Hall–Kier alpha value is -1.44. The molecule has 0 N–H and O–H groups in total. The number of rotatable bonds is 4. The van der Waals surface area contributed by atoms with E-state index in [1.54, 1.807) is 6.07 Å². The Morgan fingerprint density at radius 2 is 2.23 bits per heavy atom. The highest BCUT2D eigenvalue weighted by atomic mass is 32.1. The average Bonchev–Trinajstić information content (AvgIpc) is 3.20. The van der Waals surface area contributed by atoms with Crippen LogP contribution in [0.3, 0.4) is 0 Å². The maximum absolute atomic E-state index is 12.2. The second kappa shape index (κ2) is 5.98. The fourth-order valence-electron chi connectivity index (χ4n) is 3.35. The van der Waals surface area contributed by atoms with E-state index in [9.17, 15) is 9.59 Å². The molecule has 6 nitrogen and oxygen atoms in total. The number of hydrogen-bond acceptors (Lipinski definition) is 7. The summed E-state index contributed by atoms with van der Waals surface area (Å²) in [4.78, 5) is 27.6. The molecular formula is C15H19NO5S. The maximum atomic E-state index is 12.2. The third-order valence-corrected chi connectivity index (χ3v) is 5.51. The SMILES string of the molecule is COC(=O)c1ccc(CN2C[C@H]3COC[C@@]3(C(=O)OC)C2)s1. The molecule has 3 rings (SSSR count). The molecule has 2 aliphatic heterocycles. The molecule has 120 valence electrons. The van der Waals surface area contributed by atoms with Gasteiger partial charge in [-0.15, -0.1) is 11.3 Å². The molecule has 1 aromatic rings. The molecule has 2 fully saturated rings. The third-order valence-electron chi connectivity index (χ3n) is 4.46. The van der Waals surface area contributed by atoms with Crippen molar-refractivity contribution in [1.82, 2.24) is 4.90 Å². The molecule has 0 aliphatic carbocycles. The zero-order valence-corrected chi connectivity index (χ0v) is 13.5. The Bertz CT molecular complexity index is 586. The lowest BCUT2D eigenvalue weighted by Crippen LogP contribution is -2.39. The van der Waals surface area contributed by atoms with Crippen LogP contribution >= 0.6 is 11.3 Å². The number of ether oxygens (including phenoxy) is 3. The molecule has 0 aromatic carbocycles. The van der Waals surface area contributed by atoms with E-state index in [1.807, 2.05) is 6.07 Å². The zero-order valence-electron chi connectivity index (χ0n) is 12.7. The summed E-state index contributed by atoms with van der Waals surface area (Å²) in [7, 11) is 2.81. The van der Waals surface area contributed by atoms with Gasteiger partial charge in [-0.25, -0.2) is 4.79 Å². The van der Waals surface area contributed by atoms with Gasteiger partial charge >= 0.3 is 11.9 Å². The van der Waals surface area contributed by atoms with E-state index in [2.05, 4.69) is 4.90 Å². The van der Waals surface area contributed by atoms with E-state index in [1.165, 1.54) is 25.6 Å². The number of hydrogen-bond donors (Lipinski definition) is 0. The molecule has 0 bridgehead atoms. The molecule has 3 heterocycles. The van der Waals surface area contributed by atoms with Gasteiger partial charge in [0.1, 0.15) is 10.3 Å². The molecule has 22 heavy (non-hydrogen) atoms. The van der Waals surface area contributed by atoms with E-state index in [4.69, 9.17) is 14.2 Å². The van der Waals surface area contributed by atoms with Crippen LogP contribution in [0.5, 0.6) is 0 Å². The number of carbonyl (C=O) groups excluding carboxylic acids is 2. The van der Waals surface area contributed by atoms with Crippen molar-refractivity contribution in [2.45, 2.75) is 6.54 Å². The molecule has 2 atom stereocenters. The summed E-state index contributed by atoms with van der Waals surface area (Å²) in [6, 6.07) is 3.72. The van der Waals surface area contributed by atoms with Crippen molar-refractivity contribution in [3.63, 3.8) is 0 Å². The normalized spacial score (nSPS) is 27.6. The topological polar surface area (TPSA) is 65.1 Å². The quantitative estimate of drug-likeness (QED) is 0.774. The van der Waals surface area contributed by atoms with E-state index < -0.39 is 5.41 Å². The summed E-state index contributed by atoms with van der Waals surface area (Å²) in [5.41, 5.74) is -0.531. The smallest absolute Gasteiger partial charge is 0.348 e. The standard InChI is InChI=1S/C15H19NO5S/c1-19-13(17)12-4-3-11(22-12)6-16-5-10-7-21-9-15(10,8-16)14(18)20-2/h3-4,10H,5-9H2,1-2H3/t10-,15-/m0/s1. The van der Waals surface area contributed by atoms with Crippen molar-refractivity contribution >= 4 is 23.3 Å². The summed E-state index contributed by atoms with van der Waals surface area (Å²) < 4.78 is 15.2. The Kier molecular flexibility index (Phi) is 4.20. The minimum Gasteiger partial charge on any atom is -0.468 e. The fraction of sp³-hybridized carbons (Fsp3) is 0.600. The first-order valence-corrected chi connectivity index (χ1v) is 7.96. The predicted octanol–water partition coefficient (Wildman–Crippen LogP) is 1.16. The lowest BCUT2D eigenvalue weighted by molar-refractivity contribution is -0.153. The number of fused-ring (bicyclic) bond motifs is 1. The van der Waals surface area contributed by atoms with Crippen LogP contribution in [0.2, 0.25) is 0 Å². The van der Waals surface area contributed by atoms with Crippen molar-refractivity contribution < 1.29 is 23.8 Å². The van der Waals surface area contributed by atoms with Gasteiger partial charge in [-0.3, -0.25) is 9.69 Å². The van der Waals surface area contributed by atoms with Crippen LogP contribution in [0.4, 0.5) is 0 Å². The molecule has 2 saturated heterocycles. The molecule has 0 radical (unpaired) electrons. The van der Waals surface area contributed by atoms with Crippen LogP contribution in [-0.4, -0.2) is 57.4 Å². The summed E-state index contributed by atoms with van der Waals surface area (Å²) in [6.45, 7) is 3.19. The first-order chi connectivity index (χ1) is 10.6. The summed E-state index contributed by atoms with van der Waals surface area (Å²) >= 11 is 1.43. The zero-order chi connectivity index (χ0) is 15.7. The molecule has 7 heteroatoms. The molecule has 0 amide bonds. The highest BCUT2D eigenvalue weighted by molar-refractivity contribution is 7.13. The molecule has 2 aliphatic rings. The summed E-state index contributed by atoms with van der Waals surface area (Å²) in [5, 5.41) is 0. The molecule has 1 aromatic heterocycles. The highest BCUT2D eigenvalue weighted by Gasteiger charge is 2.56. The van der Waals surface area contributed by atoms with Crippen LogP contribution in [0.15, 0.2) is 12.1 Å². The van der Waals surface area contributed by atoms with Crippen molar-refractivity contribution in [3.05, 3.63) is 21.9 Å². The minimum atomic E-state index is -0.531. The van der Waals surface area contributed by atoms with E-state index in [-0.39, 0.29) is 17.9 Å². The first-order valence-electron chi connectivity index (χ1n) is 7.14. The Labute approximate surface area is 132 Å². The van der Waals surface area contributed by atoms with Crippen molar-refractivity contribution in [2.24, 2.45) is 11.3 Å². The van der Waals surface area contributed by atoms with E-state index >= 15 is 0 Å². The van der Waals surface area contributed by atoms with E-state index in [0.29, 0.717) is 24.6 Å². The predicted molar refractivity (Wildman–Crippen MR) is 79.7 cm³/mol. The van der Waals surface area contributed by atoms with Crippen LogP contribution < -0.4 is 0 Å². The number of thiophene rings is 1. The lowest BCUT2D eigenvalue weighted by atomic mass is 9.81. The Balaban J connectivity index is 1.69. The lowest BCUT2D eigenvalue weighted by Gasteiger charge is -2.23. The third kappa shape index (κ3) is 2.53. The number of likely N-dealkylation sites (tertiary alicyclic amines) is 1. The number of methoxy groups -OCH3 is 2. The molecule has 0 unspecified atom stereocenters. The molecular weight excluding hydrogens is 306 g/mol. The second-order valence-electron chi connectivity index (χ2n) is 5.79. The number of nitrogens with zero attached hydrogens (tertiary/aromatic N) is 1. The largest absolute Gasteiger partial charge is 0.468 e. The van der Waals surface area contributed by atoms with Crippen LogP contribution in [-0.2, 0) is 25.5 Å². The van der Waals surface area contributed by atoms with Crippen molar-refractivity contribution in [3.8, 4) is 0 Å². The summed E-state index contributed by atoms with van der Waals surface area (Å²) in [6.07, 6.45) is 0. The monoisotopic (exact) mass is 325 g/mol.